The van der Waals surface area contributed by atoms with Crippen molar-refractivity contribution in [3.05, 3.63) is 22.3 Å². The lowest BCUT2D eigenvalue weighted by atomic mass is 10.0. The minimum absolute atomic E-state index is 0.0418. The van der Waals surface area contributed by atoms with Gasteiger partial charge in [0.05, 0.1) is 0 Å². The number of aliphatic carboxylic acids is 1. The normalized spacial score (nSPS) is 19.1. The van der Waals surface area contributed by atoms with Crippen LogP contribution in [-0.4, -0.2) is 91.7 Å². The molecule has 43 heavy (non-hydrogen) atoms. The van der Waals surface area contributed by atoms with E-state index in [2.05, 4.69) is 15.5 Å². The molecular weight excluding hydrogens is 606 g/mol. The number of fused-ring (bicyclic) bond motifs is 1. The maximum atomic E-state index is 13.4. The van der Waals surface area contributed by atoms with Gasteiger partial charge in [0, 0.05) is 16.7 Å². The molecule has 0 radical (unpaired) electrons. The molecule has 3 heterocycles. The average Bonchev–Trinajstić information content (AvgIpc) is 3.33. The van der Waals surface area contributed by atoms with Crippen LogP contribution in [0.25, 0.3) is 0 Å². The molecule has 1 aromatic rings. The monoisotopic (exact) mass is 639 g/mol. The summed E-state index contributed by atoms with van der Waals surface area (Å²) in [6, 6.07) is -1.13. The number of anilines is 1. The van der Waals surface area contributed by atoms with E-state index in [4.69, 9.17) is 20.0 Å². The molecule has 0 bridgehead atoms. The summed E-state index contributed by atoms with van der Waals surface area (Å²) in [6.45, 7) is 7.73. The largest absolute Gasteiger partial charge is 0.477 e. The van der Waals surface area contributed by atoms with Crippen molar-refractivity contribution < 1.29 is 48.2 Å². The highest BCUT2D eigenvalue weighted by molar-refractivity contribution is 8.00. The lowest BCUT2D eigenvalue weighted by Crippen LogP contribution is -2.71. The summed E-state index contributed by atoms with van der Waals surface area (Å²) in [5, 5.41) is 17.1. The lowest BCUT2D eigenvalue weighted by Gasteiger charge is -2.49. The van der Waals surface area contributed by atoms with Crippen LogP contribution in [0.1, 0.15) is 59.6 Å². The highest BCUT2D eigenvalue weighted by Crippen LogP contribution is 2.40. The molecule has 234 valence electrons. The van der Waals surface area contributed by atoms with Crippen LogP contribution in [-0.2, 0) is 43.1 Å². The van der Waals surface area contributed by atoms with E-state index in [1.807, 2.05) is 6.92 Å². The number of thiazole rings is 1. The number of rotatable bonds is 13. The molecule has 17 heteroatoms. The third kappa shape index (κ3) is 8.53. The van der Waals surface area contributed by atoms with E-state index in [9.17, 15) is 33.9 Å². The fourth-order valence-electron chi connectivity index (χ4n) is 3.99. The van der Waals surface area contributed by atoms with Gasteiger partial charge in [-0.3, -0.25) is 24.1 Å². The summed E-state index contributed by atoms with van der Waals surface area (Å²) in [7, 11) is 0. The Kier molecular flexibility index (Phi) is 10.9. The Morgan fingerprint density at radius 3 is 2.53 bits per heavy atom. The van der Waals surface area contributed by atoms with Crippen molar-refractivity contribution in [2.45, 2.75) is 77.0 Å². The van der Waals surface area contributed by atoms with Gasteiger partial charge in [0.15, 0.2) is 10.8 Å². The summed E-state index contributed by atoms with van der Waals surface area (Å²) in [6.07, 6.45) is -0.785. The molecule has 1 unspecified atom stereocenters. The Morgan fingerprint density at radius 1 is 1.28 bits per heavy atom. The van der Waals surface area contributed by atoms with E-state index < -0.39 is 71.7 Å². The van der Waals surface area contributed by atoms with Gasteiger partial charge in [-0.25, -0.2) is 14.6 Å². The zero-order chi connectivity index (χ0) is 32.1. The number of Topliss-reactive ketones (excluding diaryl/α,β-unsaturated/α-hetero) is 1. The van der Waals surface area contributed by atoms with Gasteiger partial charge in [0.1, 0.15) is 47.2 Å². The second-order valence-corrected chi connectivity index (χ2v) is 12.6. The number of nitrogens with one attached hydrogen (secondary N) is 1. The summed E-state index contributed by atoms with van der Waals surface area (Å²) in [4.78, 5) is 84.6. The van der Waals surface area contributed by atoms with Gasteiger partial charge in [0.2, 0.25) is 6.10 Å². The zero-order valence-corrected chi connectivity index (χ0v) is 25.8. The number of nitrogens with two attached hydrogens (primary N) is 1. The fourth-order valence-corrected chi connectivity index (χ4v) is 5.86. The Labute approximate surface area is 255 Å². The van der Waals surface area contributed by atoms with Gasteiger partial charge in [-0.05, 0) is 34.1 Å². The molecule has 1 saturated heterocycles. The van der Waals surface area contributed by atoms with Crippen molar-refractivity contribution in [2.75, 3.05) is 18.1 Å². The third-order valence-corrected chi connectivity index (χ3v) is 7.82. The second-order valence-electron chi connectivity index (χ2n) is 10.6. The van der Waals surface area contributed by atoms with Crippen LogP contribution in [0.4, 0.5) is 5.13 Å². The molecule has 0 aliphatic carbocycles. The number of carbonyl (C=O) groups is 6. The first-order chi connectivity index (χ1) is 20.1. The first-order valence-electron chi connectivity index (χ1n) is 13.2. The van der Waals surface area contributed by atoms with E-state index >= 15 is 0 Å². The number of hydrogen-bond acceptors (Lipinski definition) is 14. The van der Waals surface area contributed by atoms with Crippen molar-refractivity contribution in [2.24, 2.45) is 5.16 Å². The highest BCUT2D eigenvalue weighted by Gasteiger charge is 2.54. The molecule has 4 N–H and O–H groups in total. The van der Waals surface area contributed by atoms with Crippen molar-refractivity contribution in [3.63, 3.8) is 0 Å². The molecule has 3 rings (SSSR count). The number of oxime groups is 1. The van der Waals surface area contributed by atoms with E-state index in [1.165, 1.54) is 12.3 Å². The van der Waals surface area contributed by atoms with Gasteiger partial charge in [-0.2, -0.15) is 0 Å². The summed E-state index contributed by atoms with van der Waals surface area (Å²) in [5.41, 5.74) is 4.46. The lowest BCUT2D eigenvalue weighted by molar-refractivity contribution is -0.169. The number of ketones is 1. The van der Waals surface area contributed by atoms with Crippen molar-refractivity contribution in [3.8, 4) is 0 Å². The predicted octanol–water partition coefficient (Wildman–Crippen LogP) is 1.22. The van der Waals surface area contributed by atoms with Gasteiger partial charge < -0.3 is 30.5 Å². The third-order valence-electron chi connectivity index (χ3n) is 5.81. The second kappa shape index (κ2) is 14.0. The van der Waals surface area contributed by atoms with E-state index in [0.717, 1.165) is 28.0 Å². The number of nitrogen functional groups attached to an aromatic ring is 1. The summed E-state index contributed by atoms with van der Waals surface area (Å²) >= 11 is 2.19. The predicted molar refractivity (Wildman–Crippen MR) is 155 cm³/mol. The number of hydrogen-bond donors (Lipinski definition) is 3. The molecule has 1 aromatic heterocycles. The molecule has 1 fully saturated rings. The van der Waals surface area contributed by atoms with Crippen molar-refractivity contribution in [1.82, 2.24) is 15.2 Å². The number of carboxylic acids is 1. The molecule has 0 aromatic carbocycles. The minimum atomic E-state index is -1.42. The summed E-state index contributed by atoms with van der Waals surface area (Å²) in [5.74, 6) is -4.82. The number of aromatic nitrogens is 1. The first kappa shape index (κ1) is 33.5. The Morgan fingerprint density at radius 2 is 1.98 bits per heavy atom. The zero-order valence-electron chi connectivity index (χ0n) is 24.2. The van der Waals surface area contributed by atoms with Crippen LogP contribution < -0.4 is 11.1 Å². The Hall–Kier alpha value is -3.99. The van der Waals surface area contributed by atoms with E-state index in [0.29, 0.717) is 6.42 Å². The van der Waals surface area contributed by atoms with Crippen LogP contribution in [0, 0.1) is 0 Å². The maximum Gasteiger partial charge on any atom is 0.352 e. The van der Waals surface area contributed by atoms with Gasteiger partial charge in [-0.15, -0.1) is 23.1 Å². The van der Waals surface area contributed by atoms with Crippen molar-refractivity contribution >= 4 is 69.4 Å². The van der Waals surface area contributed by atoms with E-state index in [1.54, 1.807) is 20.8 Å². The van der Waals surface area contributed by atoms with Crippen LogP contribution >= 0.6 is 23.1 Å². The SMILES string of the molecule is CCCC(O/N=C(\C(=O)N[C@@H]1C(=O)N2C(C(=O)O)=C(COC(=O)CC(C)=O)CS[C@@H]12)c1csc(N)n1)C(=O)OC(C)(C)C. The van der Waals surface area contributed by atoms with Crippen LogP contribution in [0.5, 0.6) is 0 Å². The van der Waals surface area contributed by atoms with Gasteiger partial charge in [-0.1, -0.05) is 18.5 Å². The quantitative estimate of drug-likeness (QED) is 0.0910. The minimum Gasteiger partial charge on any atom is -0.477 e. The number of thioether (sulfide) groups is 1. The number of nitrogens with zero attached hydrogens (tertiary/aromatic N) is 3. The molecule has 0 spiro atoms. The average molecular weight is 640 g/mol. The Balaban J connectivity index is 1.79. The Bertz CT molecular complexity index is 1370. The van der Waals surface area contributed by atoms with Gasteiger partial charge in [0.25, 0.3) is 11.8 Å². The van der Waals surface area contributed by atoms with E-state index in [-0.39, 0.29) is 40.0 Å². The number of carbonyl (C=O) groups excluding carboxylic acids is 5. The molecule has 15 nitrogen and oxygen atoms in total. The topological polar surface area (TPSA) is 217 Å². The number of amides is 2. The molecular formula is C26H33N5O10S2. The molecule has 2 amide bonds. The number of esters is 2. The number of carboxylic acid groups (broad SMARTS) is 1. The fraction of sp³-hybridized carbons (Fsp3) is 0.538. The molecule has 2 aliphatic rings. The van der Waals surface area contributed by atoms with Crippen molar-refractivity contribution in [1.29, 1.82) is 0 Å². The highest BCUT2D eigenvalue weighted by atomic mass is 32.2. The van der Waals surface area contributed by atoms with Gasteiger partial charge >= 0.3 is 17.9 Å². The smallest absolute Gasteiger partial charge is 0.352 e. The molecule has 3 atom stereocenters. The van der Waals surface area contributed by atoms with Crippen LogP contribution in [0.15, 0.2) is 21.8 Å². The number of ether oxygens (including phenoxy) is 2. The van der Waals surface area contributed by atoms with Crippen LogP contribution in [0.3, 0.4) is 0 Å². The number of β-lactam (4-membered cyclic amide) rings is 1. The molecule has 0 saturated carbocycles. The standard InChI is InChI=1S/C26H33N5O10S2/c1-6-7-15(24(38)40-26(3,4)5)41-30-17(14-11-43-25(27)28-14)20(34)29-18-21(35)31-19(23(36)37)13(10-42-22(18)31)9-39-16(33)8-12(2)32/h11,15,18,22H,6-10H2,1-5H3,(H2,27,28)(H,29,34)(H,36,37)/b30-17-/t15?,18-,22+/m1/s1. The first-order valence-corrected chi connectivity index (χ1v) is 15.1. The summed E-state index contributed by atoms with van der Waals surface area (Å²) < 4.78 is 10.4. The molecule has 2 aliphatic heterocycles. The maximum absolute atomic E-state index is 13.4. The van der Waals surface area contributed by atoms with Crippen LogP contribution in [0.2, 0.25) is 0 Å².